The molecule has 1 aliphatic carbocycles. The summed E-state index contributed by atoms with van der Waals surface area (Å²) in [6, 6.07) is 6.51. The predicted octanol–water partition coefficient (Wildman–Crippen LogP) is 4.42. The highest BCUT2D eigenvalue weighted by Gasteiger charge is 2.56. The standard InChI is InChI=1S/C18H14ClF3N2O2/c1-9-2-3-10(8-11(9)19)23-16(25)18(6-7-18)17(26)24-13-5-4-12(20)14(21)15(13)22/h2-5,8H,6-7H2,1H3,(H,23,25)(H,24,26). The maximum atomic E-state index is 13.7. The number of benzene rings is 2. The largest absolute Gasteiger partial charge is 0.325 e. The van der Waals surface area contributed by atoms with Crippen LogP contribution in [0.2, 0.25) is 5.02 Å². The van der Waals surface area contributed by atoms with Gasteiger partial charge in [-0.1, -0.05) is 17.7 Å². The number of nitrogens with one attached hydrogen (secondary N) is 2. The van der Waals surface area contributed by atoms with Crippen molar-refractivity contribution < 1.29 is 22.8 Å². The van der Waals surface area contributed by atoms with Gasteiger partial charge >= 0.3 is 0 Å². The lowest BCUT2D eigenvalue weighted by molar-refractivity contribution is -0.131. The number of carbonyl (C=O) groups excluding carboxylic acids is 2. The van der Waals surface area contributed by atoms with Gasteiger partial charge < -0.3 is 10.6 Å². The Morgan fingerprint density at radius 3 is 2.27 bits per heavy atom. The molecule has 0 bridgehead atoms. The molecular weight excluding hydrogens is 369 g/mol. The van der Waals surface area contributed by atoms with E-state index in [0.717, 1.165) is 11.6 Å². The van der Waals surface area contributed by atoms with Crippen molar-refractivity contribution in [2.45, 2.75) is 19.8 Å². The van der Waals surface area contributed by atoms with Crippen molar-refractivity contribution in [3.8, 4) is 0 Å². The van der Waals surface area contributed by atoms with Crippen LogP contribution in [0.4, 0.5) is 24.5 Å². The number of aryl methyl sites for hydroxylation is 1. The number of hydrogen-bond donors (Lipinski definition) is 2. The first-order chi connectivity index (χ1) is 12.2. The maximum absolute atomic E-state index is 13.7. The lowest BCUT2D eigenvalue weighted by Crippen LogP contribution is -2.36. The first-order valence-corrected chi connectivity index (χ1v) is 8.15. The number of halogens is 4. The van der Waals surface area contributed by atoms with Crippen LogP contribution in [0.3, 0.4) is 0 Å². The average Bonchev–Trinajstić information content (AvgIpc) is 3.40. The van der Waals surface area contributed by atoms with Crippen molar-refractivity contribution in [1.82, 2.24) is 0 Å². The molecule has 0 atom stereocenters. The molecule has 26 heavy (non-hydrogen) atoms. The number of carbonyl (C=O) groups is 2. The molecule has 1 fully saturated rings. The minimum Gasteiger partial charge on any atom is -0.325 e. The van der Waals surface area contributed by atoms with Crippen LogP contribution in [0.25, 0.3) is 0 Å². The SMILES string of the molecule is Cc1ccc(NC(=O)C2(C(=O)Nc3ccc(F)c(F)c3F)CC2)cc1Cl. The third-order valence-electron chi connectivity index (χ3n) is 4.33. The first-order valence-electron chi connectivity index (χ1n) is 7.77. The first kappa shape index (κ1) is 18.3. The summed E-state index contributed by atoms with van der Waals surface area (Å²) in [5.74, 6) is -5.92. The molecule has 1 aliphatic rings. The van der Waals surface area contributed by atoms with E-state index >= 15 is 0 Å². The van der Waals surface area contributed by atoms with E-state index in [0.29, 0.717) is 16.8 Å². The highest BCUT2D eigenvalue weighted by atomic mass is 35.5. The fourth-order valence-corrected chi connectivity index (χ4v) is 2.65. The zero-order valence-electron chi connectivity index (χ0n) is 13.6. The number of amides is 2. The van der Waals surface area contributed by atoms with E-state index in [1.54, 1.807) is 25.1 Å². The molecule has 0 aliphatic heterocycles. The zero-order chi connectivity index (χ0) is 19.1. The van der Waals surface area contributed by atoms with E-state index in [-0.39, 0.29) is 12.8 Å². The van der Waals surface area contributed by atoms with E-state index in [2.05, 4.69) is 10.6 Å². The van der Waals surface area contributed by atoms with E-state index in [4.69, 9.17) is 11.6 Å². The van der Waals surface area contributed by atoms with E-state index in [9.17, 15) is 22.8 Å². The summed E-state index contributed by atoms with van der Waals surface area (Å²) in [6.45, 7) is 1.81. The molecule has 2 N–H and O–H groups in total. The smallest absolute Gasteiger partial charge is 0.240 e. The van der Waals surface area contributed by atoms with Gasteiger partial charge in [-0.2, -0.15) is 0 Å². The fourth-order valence-electron chi connectivity index (χ4n) is 2.47. The van der Waals surface area contributed by atoms with Gasteiger partial charge in [0.25, 0.3) is 0 Å². The van der Waals surface area contributed by atoms with Crippen molar-refractivity contribution in [3.05, 3.63) is 58.4 Å². The van der Waals surface area contributed by atoms with Crippen LogP contribution in [0.5, 0.6) is 0 Å². The number of hydrogen-bond acceptors (Lipinski definition) is 2. The van der Waals surface area contributed by atoms with Crippen molar-refractivity contribution in [2.75, 3.05) is 10.6 Å². The summed E-state index contributed by atoms with van der Waals surface area (Å²) in [4.78, 5) is 24.9. The second-order valence-corrected chi connectivity index (χ2v) is 6.58. The number of anilines is 2. The van der Waals surface area contributed by atoms with E-state index in [1.165, 1.54) is 0 Å². The van der Waals surface area contributed by atoms with Gasteiger partial charge in [-0.3, -0.25) is 9.59 Å². The third kappa shape index (κ3) is 3.26. The van der Waals surface area contributed by atoms with Gasteiger partial charge in [0.2, 0.25) is 11.8 Å². The molecule has 0 heterocycles. The molecule has 0 saturated heterocycles. The summed E-state index contributed by atoms with van der Waals surface area (Å²) in [5.41, 5.74) is -0.651. The molecule has 0 spiro atoms. The normalized spacial score (nSPS) is 14.7. The van der Waals surface area contributed by atoms with Crippen molar-refractivity contribution in [3.63, 3.8) is 0 Å². The Balaban J connectivity index is 1.75. The van der Waals surface area contributed by atoms with Crippen molar-refractivity contribution in [2.24, 2.45) is 5.41 Å². The van der Waals surface area contributed by atoms with Crippen LogP contribution in [-0.2, 0) is 9.59 Å². The maximum Gasteiger partial charge on any atom is 0.240 e. The van der Waals surface area contributed by atoms with Crippen LogP contribution >= 0.6 is 11.6 Å². The molecular formula is C18H14ClF3N2O2. The molecule has 8 heteroatoms. The second kappa shape index (κ2) is 6.64. The molecule has 2 aromatic rings. The molecule has 1 saturated carbocycles. The predicted molar refractivity (Wildman–Crippen MR) is 91.4 cm³/mol. The Labute approximate surface area is 152 Å². The van der Waals surface area contributed by atoms with Crippen LogP contribution in [-0.4, -0.2) is 11.8 Å². The second-order valence-electron chi connectivity index (χ2n) is 6.18. The summed E-state index contributed by atoms with van der Waals surface area (Å²) in [5, 5.41) is 5.22. The molecule has 3 rings (SSSR count). The molecule has 4 nitrogen and oxygen atoms in total. The van der Waals surface area contributed by atoms with Crippen LogP contribution in [0, 0.1) is 29.8 Å². The number of rotatable bonds is 4. The van der Waals surface area contributed by atoms with Gasteiger partial charge in [-0.05, 0) is 49.6 Å². The summed E-state index contributed by atoms with van der Waals surface area (Å²) >= 11 is 6.00. The van der Waals surface area contributed by atoms with Gasteiger partial charge in [0.05, 0.1) is 5.69 Å². The quantitative estimate of drug-likeness (QED) is 0.607. The minimum absolute atomic E-state index is 0.259. The highest BCUT2D eigenvalue weighted by molar-refractivity contribution is 6.31. The lowest BCUT2D eigenvalue weighted by atomic mass is 10.0. The van der Waals surface area contributed by atoms with Crippen molar-refractivity contribution >= 4 is 34.8 Å². The Morgan fingerprint density at radius 1 is 1.00 bits per heavy atom. The average molecular weight is 383 g/mol. The Morgan fingerprint density at radius 2 is 1.65 bits per heavy atom. The Bertz CT molecular complexity index is 914. The molecule has 0 radical (unpaired) electrons. The lowest BCUT2D eigenvalue weighted by Gasteiger charge is -2.16. The monoisotopic (exact) mass is 382 g/mol. The Kier molecular flexibility index (Phi) is 4.66. The van der Waals surface area contributed by atoms with Gasteiger partial charge in [-0.15, -0.1) is 0 Å². The minimum atomic E-state index is -1.69. The zero-order valence-corrected chi connectivity index (χ0v) is 14.4. The van der Waals surface area contributed by atoms with E-state index in [1.807, 2.05) is 0 Å². The molecule has 0 unspecified atom stereocenters. The van der Waals surface area contributed by atoms with Crippen LogP contribution < -0.4 is 10.6 Å². The molecule has 0 aromatic heterocycles. The van der Waals surface area contributed by atoms with Crippen LogP contribution in [0.15, 0.2) is 30.3 Å². The third-order valence-corrected chi connectivity index (χ3v) is 4.74. The van der Waals surface area contributed by atoms with E-state index < -0.39 is 40.4 Å². The summed E-state index contributed by atoms with van der Waals surface area (Å²) in [7, 11) is 0. The highest BCUT2D eigenvalue weighted by Crippen LogP contribution is 2.47. The Hall–Kier alpha value is -2.54. The molecule has 136 valence electrons. The summed E-state index contributed by atoms with van der Waals surface area (Å²) < 4.78 is 40.0. The summed E-state index contributed by atoms with van der Waals surface area (Å²) in [6.07, 6.45) is 0.519. The van der Waals surface area contributed by atoms with Crippen molar-refractivity contribution in [1.29, 1.82) is 0 Å². The fraction of sp³-hybridized carbons (Fsp3) is 0.222. The van der Waals surface area contributed by atoms with Gasteiger partial charge in [0.1, 0.15) is 5.41 Å². The topological polar surface area (TPSA) is 58.2 Å². The van der Waals surface area contributed by atoms with Gasteiger partial charge in [-0.25, -0.2) is 13.2 Å². The van der Waals surface area contributed by atoms with Gasteiger partial charge in [0.15, 0.2) is 17.5 Å². The molecule has 2 aromatic carbocycles. The molecule has 2 amide bonds. The van der Waals surface area contributed by atoms with Crippen LogP contribution in [0.1, 0.15) is 18.4 Å². The van der Waals surface area contributed by atoms with Gasteiger partial charge in [0, 0.05) is 10.7 Å².